The number of amides is 1. The summed E-state index contributed by atoms with van der Waals surface area (Å²) in [5.41, 5.74) is 0.828. The zero-order valence-electron chi connectivity index (χ0n) is 8.84. The third-order valence-electron chi connectivity index (χ3n) is 2.09. The molecule has 0 spiro atoms. The Bertz CT molecular complexity index is 466. The number of benzene rings is 1. The molecule has 0 saturated carbocycles. The largest absolute Gasteiger partial charge is 0.325 e. The number of halogens is 2. The summed E-state index contributed by atoms with van der Waals surface area (Å²) in [6.45, 7) is 3.21. The van der Waals surface area contributed by atoms with Gasteiger partial charge in [0.1, 0.15) is 5.82 Å². The lowest BCUT2D eigenvalue weighted by molar-refractivity contribution is -0.115. The van der Waals surface area contributed by atoms with Gasteiger partial charge in [-0.3, -0.25) is 4.79 Å². The van der Waals surface area contributed by atoms with Crippen LogP contribution >= 0.6 is 15.9 Å². The average molecular weight is 285 g/mol. The molecule has 1 aromatic carbocycles. The fourth-order valence-corrected chi connectivity index (χ4v) is 1.22. The smallest absolute Gasteiger partial charge is 0.237 e. The highest BCUT2D eigenvalue weighted by Gasteiger charge is 2.13. The lowest BCUT2D eigenvalue weighted by Gasteiger charge is -2.10. The molecule has 0 fully saturated rings. The average Bonchev–Trinajstić information content (AvgIpc) is 2.24. The SMILES string of the molecule is Cc1c(F)cc(C#N)cc1NC(=O)C(C)Br. The van der Waals surface area contributed by atoms with Gasteiger partial charge in [0.05, 0.1) is 16.5 Å². The number of hydrogen-bond donors (Lipinski definition) is 1. The first-order valence-electron chi connectivity index (χ1n) is 4.61. The zero-order valence-corrected chi connectivity index (χ0v) is 10.4. The van der Waals surface area contributed by atoms with Crippen molar-refractivity contribution in [3.8, 4) is 6.07 Å². The Morgan fingerprint density at radius 2 is 2.25 bits per heavy atom. The molecular formula is C11H10BrFN2O. The number of anilines is 1. The first-order valence-corrected chi connectivity index (χ1v) is 5.52. The Balaban J connectivity index is 3.09. The van der Waals surface area contributed by atoms with E-state index < -0.39 is 5.82 Å². The minimum Gasteiger partial charge on any atom is -0.325 e. The van der Waals surface area contributed by atoms with E-state index in [1.54, 1.807) is 13.8 Å². The van der Waals surface area contributed by atoms with Crippen molar-refractivity contribution in [3.05, 3.63) is 29.1 Å². The Hall–Kier alpha value is -1.41. The van der Waals surface area contributed by atoms with Crippen molar-refractivity contribution >= 4 is 27.5 Å². The second-order valence-corrected chi connectivity index (χ2v) is 4.72. The predicted octanol–water partition coefficient (Wildman–Crippen LogP) is 2.73. The normalized spacial score (nSPS) is 11.7. The van der Waals surface area contributed by atoms with E-state index in [0.717, 1.165) is 6.07 Å². The number of alkyl halides is 1. The van der Waals surface area contributed by atoms with Crippen molar-refractivity contribution in [2.24, 2.45) is 0 Å². The van der Waals surface area contributed by atoms with Crippen LogP contribution in [0, 0.1) is 24.1 Å². The van der Waals surface area contributed by atoms with Gasteiger partial charge in [0, 0.05) is 11.3 Å². The summed E-state index contributed by atoms with van der Waals surface area (Å²) in [5, 5.41) is 11.2. The van der Waals surface area contributed by atoms with Gasteiger partial charge in [0.2, 0.25) is 5.91 Å². The summed E-state index contributed by atoms with van der Waals surface area (Å²) in [7, 11) is 0. The zero-order chi connectivity index (χ0) is 12.3. The van der Waals surface area contributed by atoms with Crippen LogP contribution in [0.3, 0.4) is 0 Å². The molecule has 0 saturated heterocycles. The molecule has 1 N–H and O–H groups in total. The summed E-state index contributed by atoms with van der Waals surface area (Å²) in [6.07, 6.45) is 0. The van der Waals surface area contributed by atoms with Crippen LogP contribution in [0.25, 0.3) is 0 Å². The quantitative estimate of drug-likeness (QED) is 0.849. The molecule has 16 heavy (non-hydrogen) atoms. The molecule has 0 radical (unpaired) electrons. The minimum absolute atomic E-state index is 0.181. The van der Waals surface area contributed by atoms with Gasteiger partial charge in [-0.15, -0.1) is 0 Å². The van der Waals surface area contributed by atoms with Gasteiger partial charge < -0.3 is 5.32 Å². The van der Waals surface area contributed by atoms with E-state index >= 15 is 0 Å². The molecule has 0 bridgehead atoms. The van der Waals surface area contributed by atoms with Crippen molar-refractivity contribution in [2.75, 3.05) is 5.32 Å². The molecule has 3 nitrogen and oxygen atoms in total. The highest BCUT2D eigenvalue weighted by molar-refractivity contribution is 9.10. The topological polar surface area (TPSA) is 52.9 Å². The van der Waals surface area contributed by atoms with Gasteiger partial charge in [0.25, 0.3) is 0 Å². The maximum absolute atomic E-state index is 13.4. The van der Waals surface area contributed by atoms with Crippen molar-refractivity contribution in [3.63, 3.8) is 0 Å². The molecule has 0 aliphatic rings. The van der Waals surface area contributed by atoms with Crippen LogP contribution in [0.15, 0.2) is 12.1 Å². The van der Waals surface area contributed by atoms with Gasteiger partial charge >= 0.3 is 0 Å². The number of nitrogens with zero attached hydrogens (tertiary/aromatic N) is 1. The van der Waals surface area contributed by atoms with Crippen molar-refractivity contribution in [1.29, 1.82) is 5.26 Å². The molecule has 0 aliphatic heterocycles. The van der Waals surface area contributed by atoms with Crippen LogP contribution in [-0.4, -0.2) is 10.7 Å². The van der Waals surface area contributed by atoms with Gasteiger partial charge in [-0.25, -0.2) is 4.39 Å². The van der Waals surface area contributed by atoms with Crippen molar-refractivity contribution in [1.82, 2.24) is 0 Å². The number of hydrogen-bond acceptors (Lipinski definition) is 2. The minimum atomic E-state index is -0.503. The lowest BCUT2D eigenvalue weighted by Crippen LogP contribution is -2.20. The molecule has 0 aromatic heterocycles. The van der Waals surface area contributed by atoms with Crippen molar-refractivity contribution < 1.29 is 9.18 Å². The van der Waals surface area contributed by atoms with E-state index in [9.17, 15) is 9.18 Å². The number of nitriles is 1. The highest BCUT2D eigenvalue weighted by Crippen LogP contribution is 2.21. The summed E-state index contributed by atoms with van der Waals surface area (Å²) in [5.74, 6) is -0.783. The fourth-order valence-electron chi connectivity index (χ4n) is 1.11. The van der Waals surface area contributed by atoms with E-state index in [1.165, 1.54) is 6.07 Å². The second kappa shape index (κ2) is 5.08. The number of nitrogens with one attached hydrogen (secondary N) is 1. The number of carbonyl (C=O) groups is 1. The van der Waals surface area contributed by atoms with Gasteiger partial charge in [0.15, 0.2) is 0 Å². The Morgan fingerprint density at radius 1 is 1.62 bits per heavy atom. The molecule has 0 heterocycles. The van der Waals surface area contributed by atoms with E-state index in [0.29, 0.717) is 11.3 Å². The Kier molecular flexibility index (Phi) is 4.02. The Morgan fingerprint density at radius 3 is 2.75 bits per heavy atom. The van der Waals surface area contributed by atoms with E-state index in [4.69, 9.17) is 5.26 Å². The second-order valence-electron chi connectivity index (χ2n) is 3.35. The van der Waals surface area contributed by atoms with Gasteiger partial charge in [-0.1, -0.05) is 15.9 Å². The first kappa shape index (κ1) is 12.7. The van der Waals surface area contributed by atoms with Gasteiger partial charge in [-0.2, -0.15) is 5.26 Å². The molecule has 1 amide bonds. The Labute approximate surface area is 101 Å². The van der Waals surface area contributed by atoms with Crippen LogP contribution < -0.4 is 5.32 Å². The fraction of sp³-hybridized carbons (Fsp3) is 0.273. The molecule has 84 valence electrons. The molecule has 1 unspecified atom stereocenters. The molecular weight excluding hydrogens is 275 g/mol. The van der Waals surface area contributed by atoms with Crippen LogP contribution in [0.2, 0.25) is 0 Å². The van der Waals surface area contributed by atoms with E-state index in [2.05, 4.69) is 21.2 Å². The van der Waals surface area contributed by atoms with Crippen LogP contribution in [0.1, 0.15) is 18.1 Å². The van der Waals surface area contributed by atoms with Crippen molar-refractivity contribution in [2.45, 2.75) is 18.7 Å². The van der Waals surface area contributed by atoms with Crippen LogP contribution in [-0.2, 0) is 4.79 Å². The molecule has 5 heteroatoms. The van der Waals surface area contributed by atoms with E-state index in [1.807, 2.05) is 6.07 Å². The highest BCUT2D eigenvalue weighted by atomic mass is 79.9. The summed E-state index contributed by atoms with van der Waals surface area (Å²) < 4.78 is 13.4. The standard InChI is InChI=1S/C11H10BrFN2O/c1-6-9(13)3-8(5-14)4-10(6)15-11(16)7(2)12/h3-4,7H,1-2H3,(H,15,16). The monoisotopic (exact) mass is 284 g/mol. The van der Waals surface area contributed by atoms with Crippen LogP contribution in [0.4, 0.5) is 10.1 Å². The molecule has 1 aromatic rings. The third kappa shape index (κ3) is 2.80. The predicted molar refractivity (Wildman–Crippen MR) is 62.9 cm³/mol. The summed E-state index contributed by atoms with van der Waals surface area (Å²) in [4.78, 5) is 11.0. The maximum Gasteiger partial charge on any atom is 0.237 e. The van der Waals surface area contributed by atoms with Crippen LogP contribution in [0.5, 0.6) is 0 Å². The summed E-state index contributed by atoms with van der Waals surface area (Å²) in [6, 6.07) is 4.43. The third-order valence-corrected chi connectivity index (χ3v) is 2.51. The molecule has 1 rings (SSSR count). The molecule has 0 aliphatic carbocycles. The number of rotatable bonds is 2. The maximum atomic E-state index is 13.4. The molecule has 1 atom stereocenters. The van der Waals surface area contributed by atoms with E-state index in [-0.39, 0.29) is 16.3 Å². The van der Waals surface area contributed by atoms with Gasteiger partial charge in [-0.05, 0) is 26.0 Å². The lowest BCUT2D eigenvalue weighted by atomic mass is 10.1. The summed E-state index contributed by atoms with van der Waals surface area (Å²) >= 11 is 3.11. The number of carbonyl (C=O) groups excluding carboxylic acids is 1. The first-order chi connectivity index (χ1) is 7.45.